The molecule has 0 unspecified atom stereocenters. The van der Waals surface area contributed by atoms with Gasteiger partial charge in [-0.1, -0.05) is 0 Å². The summed E-state index contributed by atoms with van der Waals surface area (Å²) in [5.41, 5.74) is 0. The first-order chi connectivity index (χ1) is 5.45. The Labute approximate surface area is 119 Å². The predicted molar refractivity (Wildman–Crippen MR) is 32.6 cm³/mol. The zero-order chi connectivity index (χ0) is 10.1. The van der Waals surface area contributed by atoms with Gasteiger partial charge in [0.25, 0.3) is 0 Å². The molecule has 71 valence electrons. The van der Waals surface area contributed by atoms with Gasteiger partial charge in [-0.2, -0.15) is 0 Å². The van der Waals surface area contributed by atoms with Crippen molar-refractivity contribution in [3.8, 4) is 0 Å². The molecule has 0 aromatic heterocycles. The Morgan fingerprint density at radius 3 is 1.23 bits per heavy atom. The summed E-state index contributed by atoms with van der Waals surface area (Å²) in [6, 6.07) is 0. The van der Waals surface area contributed by atoms with E-state index in [1.54, 1.807) is 0 Å². The minimum Gasteiger partial charge on any atom is -0.402 e. The Bertz CT molecular complexity index is 137. The van der Waals surface area contributed by atoms with Crippen LogP contribution in [0.1, 0.15) is 0 Å². The molecule has 0 saturated heterocycles. The van der Waals surface area contributed by atoms with E-state index in [0.717, 1.165) is 0 Å². The third kappa shape index (κ3) is 19.1. The van der Waals surface area contributed by atoms with Gasteiger partial charge in [0.05, 0.1) is 0 Å². The van der Waals surface area contributed by atoms with E-state index in [1.165, 1.54) is 0 Å². The molecule has 0 aliphatic heterocycles. The fourth-order valence-electron chi connectivity index (χ4n) is 0.0630. The fraction of sp³-hybridized carbons (Fsp3) is 0. The zero-order valence-corrected chi connectivity index (χ0v) is 11.2. The summed E-state index contributed by atoms with van der Waals surface area (Å²) in [6.07, 6.45) is 0. The molecule has 1 radical (unpaired) electrons. The van der Waals surface area contributed by atoms with Crippen LogP contribution in [0.2, 0.25) is 0 Å². The first-order valence-corrected chi connectivity index (χ1v) is 2.15. The van der Waals surface area contributed by atoms with Crippen LogP contribution in [0.3, 0.4) is 0 Å². The van der Waals surface area contributed by atoms with Gasteiger partial charge in [0.15, 0.2) is 0 Å². The summed E-state index contributed by atoms with van der Waals surface area (Å²) < 4.78 is 21.0. The third-order valence-electron chi connectivity index (χ3n) is 0.307. The maximum Gasteiger partial charge on any atom is 0.631 e. The maximum atomic E-state index is 10.5. The summed E-state index contributed by atoms with van der Waals surface area (Å²) in [5.74, 6) is -4.04. The molecule has 0 atom stereocenters. The van der Waals surface area contributed by atoms with Crippen LogP contribution < -0.4 is 0 Å². The van der Waals surface area contributed by atoms with Crippen LogP contribution in [-0.4, -0.2) is 92.5 Å². The molecule has 0 aromatic rings. The molecule has 0 heterocycles. The van der Waals surface area contributed by atoms with Crippen molar-refractivity contribution >= 4 is 77.4 Å². The standard InChI is InChI=1S/C2F2O4.BH3O3.Rb/c3-7-1(5)2(6)8-4;2-1(3)4;/h;2-4H;. The second kappa shape index (κ2) is 12.6. The number of rotatable bonds is 0. The van der Waals surface area contributed by atoms with Crippen molar-refractivity contribution in [2.75, 3.05) is 0 Å². The van der Waals surface area contributed by atoms with Gasteiger partial charge < -0.3 is 15.1 Å². The minimum atomic E-state index is -2.17. The Hall–Kier alpha value is 0.550. The van der Waals surface area contributed by atoms with Gasteiger partial charge in [0.1, 0.15) is 0 Å². The van der Waals surface area contributed by atoms with Crippen molar-refractivity contribution < 1.29 is 43.6 Å². The van der Waals surface area contributed by atoms with Gasteiger partial charge >= 0.3 is 19.3 Å². The molecule has 0 fully saturated rings. The van der Waals surface area contributed by atoms with E-state index in [0.29, 0.717) is 0 Å². The van der Waals surface area contributed by atoms with Crippen LogP contribution in [0, 0.1) is 0 Å². The van der Waals surface area contributed by atoms with E-state index in [4.69, 9.17) is 15.1 Å². The fourth-order valence-corrected chi connectivity index (χ4v) is 0.0630. The molecule has 0 amide bonds. The summed E-state index contributed by atoms with van der Waals surface area (Å²) in [4.78, 5) is 23.4. The van der Waals surface area contributed by atoms with E-state index in [1.807, 2.05) is 0 Å². The minimum absolute atomic E-state index is 0. The van der Waals surface area contributed by atoms with Crippen LogP contribution in [-0.2, 0) is 19.5 Å². The number of carbonyl (C=O) groups excluding carboxylic acids is 2. The van der Waals surface area contributed by atoms with Gasteiger partial charge in [-0.05, 0) is 0 Å². The number of halogens is 2. The summed E-state index contributed by atoms with van der Waals surface area (Å²) in [7, 11) is -2.17. The van der Waals surface area contributed by atoms with Gasteiger partial charge in [-0.15, -0.1) is 0 Å². The van der Waals surface area contributed by atoms with Crippen molar-refractivity contribution in [3.05, 3.63) is 0 Å². The topological polar surface area (TPSA) is 113 Å². The Morgan fingerprint density at radius 2 is 1.15 bits per heavy atom. The molecule has 0 aromatic carbocycles. The van der Waals surface area contributed by atoms with Gasteiger partial charge in [-0.3, -0.25) is 0 Å². The SMILES string of the molecule is O=C(OF)C(=O)OF.OB(O)O.[Rb]. The molecule has 0 aliphatic carbocycles. The van der Waals surface area contributed by atoms with Crippen molar-refractivity contribution in [1.29, 1.82) is 0 Å². The van der Waals surface area contributed by atoms with E-state index in [-0.39, 0.29) is 58.2 Å². The van der Waals surface area contributed by atoms with Crippen molar-refractivity contribution in [2.45, 2.75) is 0 Å². The molecule has 13 heavy (non-hydrogen) atoms. The molecule has 0 spiro atoms. The van der Waals surface area contributed by atoms with E-state index in [9.17, 15) is 18.6 Å². The second-order valence-electron chi connectivity index (χ2n) is 1.08. The molecular weight excluding hydrogens is 270 g/mol. The Morgan fingerprint density at radius 1 is 1.00 bits per heavy atom. The van der Waals surface area contributed by atoms with Crippen LogP contribution in [0.5, 0.6) is 0 Å². The monoisotopic (exact) mass is 273 g/mol. The van der Waals surface area contributed by atoms with Crippen molar-refractivity contribution in [1.82, 2.24) is 0 Å². The average molecular weight is 273 g/mol. The maximum absolute atomic E-state index is 10.5. The molecule has 0 bridgehead atoms. The zero-order valence-electron chi connectivity index (χ0n) is 6.31. The van der Waals surface area contributed by atoms with Gasteiger partial charge in [-0.25, -0.2) is 19.5 Å². The van der Waals surface area contributed by atoms with Crippen molar-refractivity contribution in [3.63, 3.8) is 0 Å². The molecule has 7 nitrogen and oxygen atoms in total. The summed E-state index contributed by atoms with van der Waals surface area (Å²) in [5, 5.41) is 21.5. The molecule has 11 heteroatoms. The van der Waals surface area contributed by atoms with E-state index in [2.05, 4.69) is 9.88 Å². The number of hydrogen-bond acceptors (Lipinski definition) is 7. The first kappa shape index (κ1) is 19.2. The summed E-state index contributed by atoms with van der Waals surface area (Å²) in [6.45, 7) is 0. The predicted octanol–water partition coefficient (Wildman–Crippen LogP) is -2.59. The molecule has 3 N–H and O–H groups in total. The van der Waals surface area contributed by atoms with Crippen LogP contribution >= 0.6 is 0 Å². The quantitative estimate of drug-likeness (QED) is 0.328. The van der Waals surface area contributed by atoms with Crippen LogP contribution in [0.25, 0.3) is 0 Å². The Balaban J connectivity index is -0.000000173. The van der Waals surface area contributed by atoms with Crippen molar-refractivity contribution in [2.24, 2.45) is 0 Å². The largest absolute Gasteiger partial charge is 0.631 e. The Kier molecular flexibility index (Phi) is 18.5. The normalized spacial score (nSPS) is 6.85. The van der Waals surface area contributed by atoms with Gasteiger partial charge in [0.2, 0.25) is 0 Å². The van der Waals surface area contributed by atoms with Gasteiger partial charge in [0, 0.05) is 67.2 Å². The second-order valence-corrected chi connectivity index (χ2v) is 1.08. The molecule has 0 aliphatic rings. The first-order valence-electron chi connectivity index (χ1n) is 2.15. The average Bonchev–Trinajstić information content (AvgIpc) is 2.00. The number of hydrogen-bond donors (Lipinski definition) is 3. The smallest absolute Gasteiger partial charge is 0.402 e. The van der Waals surface area contributed by atoms with E-state index < -0.39 is 19.3 Å². The molecule has 0 saturated carbocycles. The van der Waals surface area contributed by atoms with Crippen LogP contribution in [0.4, 0.5) is 9.05 Å². The van der Waals surface area contributed by atoms with Crippen LogP contribution in [0.15, 0.2) is 0 Å². The molecular formula is C2H3BF2O7Rb. The molecule has 0 rings (SSSR count). The number of carbonyl (C=O) groups is 2. The van der Waals surface area contributed by atoms with E-state index >= 15 is 0 Å². The third-order valence-corrected chi connectivity index (χ3v) is 0.307. The summed E-state index contributed by atoms with van der Waals surface area (Å²) >= 11 is 0.